The second-order valence-corrected chi connectivity index (χ2v) is 5.96. The molecule has 0 aliphatic heterocycles. The molecular weight excluding hydrogens is 194 g/mol. The summed E-state index contributed by atoms with van der Waals surface area (Å²) in [6.45, 7) is 2.20. The van der Waals surface area contributed by atoms with Gasteiger partial charge in [-0.15, -0.1) is 0 Å². The summed E-state index contributed by atoms with van der Waals surface area (Å²) in [5.41, 5.74) is 11.2. The van der Waals surface area contributed by atoms with Gasteiger partial charge in [0.15, 0.2) is 0 Å². The van der Waals surface area contributed by atoms with Crippen LogP contribution >= 0.6 is 0 Å². The fourth-order valence-electron chi connectivity index (χ4n) is 3.57. The summed E-state index contributed by atoms with van der Waals surface area (Å²) in [6.07, 6.45) is 7.73. The van der Waals surface area contributed by atoms with E-state index in [2.05, 4.69) is 25.1 Å². The number of nitrogens with two attached hydrogens (primary N) is 1. The van der Waals surface area contributed by atoms with E-state index < -0.39 is 0 Å². The molecule has 86 valence electrons. The molecule has 0 radical (unpaired) electrons. The van der Waals surface area contributed by atoms with E-state index in [9.17, 15) is 0 Å². The number of rotatable bonds is 0. The molecule has 0 unspecified atom stereocenters. The van der Waals surface area contributed by atoms with Crippen LogP contribution in [-0.2, 0) is 12.8 Å². The average molecular weight is 215 g/mol. The van der Waals surface area contributed by atoms with Gasteiger partial charge in [0.2, 0.25) is 0 Å². The highest BCUT2D eigenvalue weighted by Crippen LogP contribution is 2.47. The minimum atomic E-state index is 0.469. The van der Waals surface area contributed by atoms with E-state index in [-0.39, 0.29) is 0 Å². The summed E-state index contributed by atoms with van der Waals surface area (Å²) in [5, 5.41) is 0. The summed E-state index contributed by atoms with van der Waals surface area (Å²) in [7, 11) is 0. The molecule has 0 amide bonds. The van der Waals surface area contributed by atoms with Gasteiger partial charge in [0.25, 0.3) is 0 Å². The van der Waals surface area contributed by atoms with Crippen LogP contribution in [-0.4, -0.2) is 6.04 Å². The fourth-order valence-corrected chi connectivity index (χ4v) is 3.57. The van der Waals surface area contributed by atoms with Crippen molar-refractivity contribution in [1.82, 2.24) is 0 Å². The van der Waals surface area contributed by atoms with Crippen LogP contribution < -0.4 is 5.73 Å². The first-order chi connectivity index (χ1) is 7.67. The van der Waals surface area contributed by atoms with Crippen molar-refractivity contribution < 1.29 is 0 Å². The van der Waals surface area contributed by atoms with Crippen molar-refractivity contribution in [3.8, 4) is 0 Å². The maximum absolute atomic E-state index is 6.01. The van der Waals surface area contributed by atoms with Crippen LogP contribution in [0.3, 0.4) is 0 Å². The van der Waals surface area contributed by atoms with Crippen molar-refractivity contribution in [2.45, 2.75) is 51.5 Å². The second kappa shape index (κ2) is 3.59. The normalized spacial score (nSPS) is 33.0. The number of fused-ring (bicyclic) bond motifs is 1. The standard InChI is InChI=1S/C15H21N/c1-11-2-3-12-9-15(10-13(12)8-11)6-4-14(16)5-7-15/h2-3,8,14H,4-7,9-10,16H2,1H3. The van der Waals surface area contributed by atoms with Gasteiger partial charge >= 0.3 is 0 Å². The van der Waals surface area contributed by atoms with Gasteiger partial charge in [-0.25, -0.2) is 0 Å². The molecule has 0 aromatic heterocycles. The first kappa shape index (κ1) is 10.3. The van der Waals surface area contributed by atoms with Crippen LogP contribution in [0.4, 0.5) is 0 Å². The van der Waals surface area contributed by atoms with E-state index in [1.807, 2.05) is 0 Å². The lowest BCUT2D eigenvalue weighted by atomic mass is 9.71. The predicted molar refractivity (Wildman–Crippen MR) is 67.5 cm³/mol. The van der Waals surface area contributed by atoms with Crippen LogP contribution in [0.5, 0.6) is 0 Å². The van der Waals surface area contributed by atoms with E-state index in [1.165, 1.54) is 44.1 Å². The molecule has 2 aliphatic rings. The minimum Gasteiger partial charge on any atom is -0.328 e. The fraction of sp³-hybridized carbons (Fsp3) is 0.600. The molecule has 1 fully saturated rings. The molecule has 0 heterocycles. The Hall–Kier alpha value is -0.820. The summed E-state index contributed by atoms with van der Waals surface area (Å²) >= 11 is 0. The SMILES string of the molecule is Cc1ccc2c(c1)CC1(CCC(N)CC1)C2. The van der Waals surface area contributed by atoms with Crippen molar-refractivity contribution in [2.75, 3.05) is 0 Å². The van der Waals surface area contributed by atoms with E-state index in [1.54, 1.807) is 11.1 Å². The zero-order valence-electron chi connectivity index (χ0n) is 10.1. The topological polar surface area (TPSA) is 26.0 Å². The van der Waals surface area contributed by atoms with Crippen LogP contribution in [0.25, 0.3) is 0 Å². The first-order valence-corrected chi connectivity index (χ1v) is 6.51. The molecule has 16 heavy (non-hydrogen) atoms. The van der Waals surface area contributed by atoms with Crippen molar-refractivity contribution in [3.63, 3.8) is 0 Å². The highest BCUT2D eigenvalue weighted by Gasteiger charge is 2.39. The molecule has 1 aromatic rings. The second-order valence-electron chi connectivity index (χ2n) is 5.96. The Balaban J connectivity index is 1.84. The Morgan fingerprint density at radius 3 is 2.56 bits per heavy atom. The molecule has 0 atom stereocenters. The molecule has 1 saturated carbocycles. The molecule has 0 bridgehead atoms. The lowest BCUT2D eigenvalue weighted by molar-refractivity contribution is 0.187. The number of hydrogen-bond acceptors (Lipinski definition) is 1. The molecule has 1 spiro atoms. The average Bonchev–Trinajstić information content (AvgIpc) is 2.60. The van der Waals surface area contributed by atoms with Crippen molar-refractivity contribution in [3.05, 3.63) is 34.9 Å². The van der Waals surface area contributed by atoms with E-state index in [0.29, 0.717) is 11.5 Å². The van der Waals surface area contributed by atoms with E-state index >= 15 is 0 Å². The lowest BCUT2D eigenvalue weighted by Gasteiger charge is -2.36. The molecule has 0 saturated heterocycles. The molecule has 2 N–H and O–H groups in total. The Labute approximate surface area is 98.0 Å². The maximum Gasteiger partial charge on any atom is 0.00392 e. The molecule has 2 aliphatic carbocycles. The van der Waals surface area contributed by atoms with Gasteiger partial charge in [-0.3, -0.25) is 0 Å². The van der Waals surface area contributed by atoms with E-state index in [0.717, 1.165) is 0 Å². The van der Waals surface area contributed by atoms with Crippen LogP contribution in [0.2, 0.25) is 0 Å². The van der Waals surface area contributed by atoms with Gasteiger partial charge in [-0.05, 0) is 62.0 Å². The van der Waals surface area contributed by atoms with Gasteiger partial charge in [-0.2, -0.15) is 0 Å². The monoisotopic (exact) mass is 215 g/mol. The highest BCUT2D eigenvalue weighted by atomic mass is 14.6. The predicted octanol–water partition coefficient (Wildman–Crippen LogP) is 2.98. The summed E-state index contributed by atoms with van der Waals surface area (Å²) in [6, 6.07) is 7.45. The third-order valence-corrected chi connectivity index (χ3v) is 4.58. The summed E-state index contributed by atoms with van der Waals surface area (Å²) in [4.78, 5) is 0. The van der Waals surface area contributed by atoms with Crippen LogP contribution in [0, 0.1) is 12.3 Å². The Morgan fingerprint density at radius 1 is 1.12 bits per heavy atom. The molecule has 1 nitrogen and oxygen atoms in total. The van der Waals surface area contributed by atoms with Crippen LogP contribution in [0.1, 0.15) is 42.4 Å². The highest BCUT2D eigenvalue weighted by molar-refractivity contribution is 5.37. The van der Waals surface area contributed by atoms with E-state index in [4.69, 9.17) is 5.73 Å². The Kier molecular flexibility index (Phi) is 2.32. The molecule has 1 heteroatoms. The number of benzene rings is 1. The number of aryl methyl sites for hydroxylation is 1. The summed E-state index contributed by atoms with van der Waals surface area (Å²) in [5.74, 6) is 0. The third kappa shape index (κ3) is 1.67. The third-order valence-electron chi connectivity index (χ3n) is 4.58. The largest absolute Gasteiger partial charge is 0.328 e. The van der Waals surface area contributed by atoms with Gasteiger partial charge in [0, 0.05) is 6.04 Å². The smallest absolute Gasteiger partial charge is 0.00392 e. The maximum atomic E-state index is 6.01. The van der Waals surface area contributed by atoms with Crippen molar-refractivity contribution >= 4 is 0 Å². The Bertz CT molecular complexity index is 400. The van der Waals surface area contributed by atoms with Crippen molar-refractivity contribution in [1.29, 1.82) is 0 Å². The zero-order valence-corrected chi connectivity index (χ0v) is 10.1. The summed E-state index contributed by atoms with van der Waals surface area (Å²) < 4.78 is 0. The minimum absolute atomic E-state index is 0.469. The Morgan fingerprint density at radius 2 is 1.81 bits per heavy atom. The first-order valence-electron chi connectivity index (χ1n) is 6.51. The molecular formula is C15H21N. The van der Waals surface area contributed by atoms with Gasteiger partial charge in [0.05, 0.1) is 0 Å². The van der Waals surface area contributed by atoms with Crippen LogP contribution in [0.15, 0.2) is 18.2 Å². The zero-order chi connectivity index (χ0) is 11.2. The van der Waals surface area contributed by atoms with Gasteiger partial charge < -0.3 is 5.73 Å². The quantitative estimate of drug-likeness (QED) is 0.707. The van der Waals surface area contributed by atoms with Crippen molar-refractivity contribution in [2.24, 2.45) is 11.1 Å². The molecule has 1 aromatic carbocycles. The number of hydrogen-bond donors (Lipinski definition) is 1. The molecule has 3 rings (SSSR count). The van der Waals surface area contributed by atoms with Gasteiger partial charge in [-0.1, -0.05) is 23.8 Å². The lowest BCUT2D eigenvalue weighted by Crippen LogP contribution is -2.34. The van der Waals surface area contributed by atoms with Gasteiger partial charge in [0.1, 0.15) is 0 Å².